The number of hydrazone groups is 1. The number of hydrogen-bond donors (Lipinski definition) is 0. The van der Waals surface area contributed by atoms with E-state index in [1.165, 1.54) is 6.07 Å². The van der Waals surface area contributed by atoms with Crippen LogP contribution in [0.1, 0.15) is 35.4 Å². The number of hydrogen-bond acceptors (Lipinski definition) is 4. The summed E-state index contributed by atoms with van der Waals surface area (Å²) >= 11 is 6.36. The lowest BCUT2D eigenvalue weighted by atomic mass is 9.96. The summed E-state index contributed by atoms with van der Waals surface area (Å²) in [6, 6.07) is 20.2. The minimum Gasteiger partial charge on any atom is -0.497 e. The molecule has 146 valence electrons. The Labute approximate surface area is 173 Å². The van der Waals surface area contributed by atoms with Crippen LogP contribution in [-0.2, 0) is 0 Å². The van der Waals surface area contributed by atoms with Crippen molar-refractivity contribution >= 4 is 17.3 Å². The van der Waals surface area contributed by atoms with E-state index in [0.717, 1.165) is 28.3 Å². The zero-order valence-corrected chi connectivity index (χ0v) is 16.4. The molecular weight excluding hydrogens is 391 g/mol. The van der Waals surface area contributed by atoms with Crippen LogP contribution in [0.5, 0.6) is 11.5 Å². The van der Waals surface area contributed by atoms with Crippen molar-refractivity contribution < 1.29 is 13.9 Å². The molecule has 0 aliphatic carbocycles. The Morgan fingerprint density at radius 2 is 1.86 bits per heavy atom. The molecule has 0 amide bonds. The van der Waals surface area contributed by atoms with Crippen molar-refractivity contribution in [1.29, 1.82) is 0 Å². The van der Waals surface area contributed by atoms with Crippen molar-refractivity contribution in [2.75, 3.05) is 7.11 Å². The van der Waals surface area contributed by atoms with Gasteiger partial charge in [0.15, 0.2) is 0 Å². The summed E-state index contributed by atoms with van der Waals surface area (Å²) in [5.41, 5.74) is 3.24. The predicted octanol–water partition coefficient (Wildman–Crippen LogP) is 5.73. The fraction of sp³-hybridized carbons (Fsp3) is 0.174. The van der Waals surface area contributed by atoms with Crippen LogP contribution in [0.2, 0.25) is 5.02 Å². The van der Waals surface area contributed by atoms with Crippen LogP contribution in [0.4, 0.5) is 4.39 Å². The molecule has 3 aromatic carbocycles. The predicted molar refractivity (Wildman–Crippen MR) is 110 cm³/mol. The Kier molecular flexibility index (Phi) is 4.40. The standard InChI is InChI=1S/C23H18ClFN2O2/c1-28-15-11-9-14(10-12-15)19-13-20-16-5-2-3-8-21(16)29-23(27(20)26-19)22-17(24)6-4-7-18(22)25/h2-12,20,23H,13H2,1H3/t20-,23+/m1/s1. The lowest BCUT2D eigenvalue weighted by Gasteiger charge is -2.38. The third kappa shape index (κ3) is 3.02. The Morgan fingerprint density at radius 1 is 1.07 bits per heavy atom. The Morgan fingerprint density at radius 3 is 2.62 bits per heavy atom. The molecule has 0 radical (unpaired) electrons. The maximum absolute atomic E-state index is 14.7. The highest BCUT2D eigenvalue weighted by Gasteiger charge is 2.42. The minimum atomic E-state index is -0.737. The van der Waals surface area contributed by atoms with E-state index in [-0.39, 0.29) is 6.04 Å². The highest BCUT2D eigenvalue weighted by atomic mass is 35.5. The van der Waals surface area contributed by atoms with Gasteiger partial charge in [-0.15, -0.1) is 0 Å². The van der Waals surface area contributed by atoms with Crippen LogP contribution in [0.25, 0.3) is 0 Å². The Balaban J connectivity index is 1.60. The molecular formula is C23H18ClFN2O2. The van der Waals surface area contributed by atoms with Crippen LogP contribution in [0.15, 0.2) is 71.8 Å². The molecule has 0 unspecified atom stereocenters. The van der Waals surface area contributed by atoms with Gasteiger partial charge in [0.1, 0.15) is 17.3 Å². The average Bonchev–Trinajstić information content (AvgIpc) is 3.19. The molecule has 0 fully saturated rings. The van der Waals surface area contributed by atoms with Gasteiger partial charge in [-0.3, -0.25) is 0 Å². The van der Waals surface area contributed by atoms with Crippen molar-refractivity contribution in [3.05, 3.63) is 94.3 Å². The number of nitrogens with zero attached hydrogens (tertiary/aromatic N) is 2. The van der Waals surface area contributed by atoms with Crippen molar-refractivity contribution in [3.8, 4) is 11.5 Å². The molecule has 0 spiro atoms. The largest absolute Gasteiger partial charge is 0.497 e. The van der Waals surface area contributed by atoms with Crippen LogP contribution in [0, 0.1) is 5.82 Å². The van der Waals surface area contributed by atoms with Crippen LogP contribution < -0.4 is 9.47 Å². The monoisotopic (exact) mass is 408 g/mol. The lowest BCUT2D eigenvalue weighted by Crippen LogP contribution is -2.34. The summed E-state index contributed by atoms with van der Waals surface area (Å²) in [4.78, 5) is 0. The molecule has 4 nitrogen and oxygen atoms in total. The maximum atomic E-state index is 14.7. The van der Waals surface area contributed by atoms with Crippen molar-refractivity contribution in [1.82, 2.24) is 5.01 Å². The Bertz CT molecular complexity index is 1080. The molecule has 0 bridgehead atoms. The van der Waals surface area contributed by atoms with Crippen LogP contribution in [-0.4, -0.2) is 17.8 Å². The van der Waals surface area contributed by atoms with E-state index in [9.17, 15) is 4.39 Å². The number of methoxy groups -OCH3 is 1. The molecule has 3 aromatic rings. The van der Waals surface area contributed by atoms with Gasteiger partial charge in [-0.1, -0.05) is 35.9 Å². The van der Waals surface area contributed by atoms with Crippen LogP contribution in [0.3, 0.4) is 0 Å². The molecule has 29 heavy (non-hydrogen) atoms. The summed E-state index contributed by atoms with van der Waals surface area (Å²) in [6.45, 7) is 0. The SMILES string of the molecule is COc1ccc(C2=NN3[C@H](C2)c2ccccc2O[C@H]3c2c(F)cccc2Cl)cc1. The average molecular weight is 409 g/mol. The van der Waals surface area contributed by atoms with Gasteiger partial charge in [0.2, 0.25) is 6.23 Å². The molecule has 6 heteroatoms. The smallest absolute Gasteiger partial charge is 0.218 e. The zero-order chi connectivity index (χ0) is 20.0. The first-order chi connectivity index (χ1) is 14.2. The fourth-order valence-electron chi connectivity index (χ4n) is 3.93. The quantitative estimate of drug-likeness (QED) is 0.555. The molecule has 0 saturated carbocycles. The van der Waals surface area contributed by atoms with Crippen molar-refractivity contribution in [2.45, 2.75) is 18.7 Å². The molecule has 0 N–H and O–H groups in total. The molecule has 0 saturated heterocycles. The first-order valence-corrected chi connectivity index (χ1v) is 9.73. The van der Waals surface area contributed by atoms with Crippen molar-refractivity contribution in [2.24, 2.45) is 5.10 Å². The first kappa shape index (κ1) is 18.0. The van der Waals surface area contributed by atoms with E-state index in [1.54, 1.807) is 19.2 Å². The third-order valence-corrected chi connectivity index (χ3v) is 5.70. The van der Waals surface area contributed by atoms with Gasteiger partial charge in [0.05, 0.1) is 29.4 Å². The highest BCUT2D eigenvalue weighted by molar-refractivity contribution is 6.31. The van der Waals surface area contributed by atoms with Gasteiger partial charge in [-0.2, -0.15) is 5.10 Å². The van der Waals surface area contributed by atoms with E-state index in [4.69, 9.17) is 26.2 Å². The van der Waals surface area contributed by atoms with E-state index < -0.39 is 12.0 Å². The summed E-state index contributed by atoms with van der Waals surface area (Å²) in [5.74, 6) is 1.10. The maximum Gasteiger partial charge on any atom is 0.218 e. The van der Waals surface area contributed by atoms with Crippen LogP contribution >= 0.6 is 11.6 Å². The number of para-hydroxylation sites is 1. The van der Waals surface area contributed by atoms with Gasteiger partial charge in [-0.25, -0.2) is 9.40 Å². The summed E-state index contributed by atoms with van der Waals surface area (Å²) in [6.07, 6.45) is -0.0470. The number of fused-ring (bicyclic) bond motifs is 3. The highest BCUT2D eigenvalue weighted by Crippen LogP contribution is 2.48. The Hall–Kier alpha value is -3.05. The fourth-order valence-corrected chi connectivity index (χ4v) is 4.19. The lowest BCUT2D eigenvalue weighted by molar-refractivity contribution is -0.0211. The van der Waals surface area contributed by atoms with Crippen molar-refractivity contribution in [3.63, 3.8) is 0 Å². The molecule has 0 aromatic heterocycles. The first-order valence-electron chi connectivity index (χ1n) is 9.35. The summed E-state index contributed by atoms with van der Waals surface area (Å²) in [7, 11) is 1.64. The normalized spacial score (nSPS) is 19.8. The number of benzene rings is 3. The van der Waals surface area contributed by atoms with E-state index in [2.05, 4.69) is 0 Å². The number of rotatable bonds is 3. The second kappa shape index (κ2) is 7.08. The number of ether oxygens (including phenoxy) is 2. The van der Waals surface area contributed by atoms with Gasteiger partial charge in [0.25, 0.3) is 0 Å². The molecule has 2 aliphatic rings. The van der Waals surface area contributed by atoms with Gasteiger partial charge >= 0.3 is 0 Å². The van der Waals surface area contributed by atoms with E-state index >= 15 is 0 Å². The van der Waals surface area contributed by atoms with Gasteiger partial charge < -0.3 is 9.47 Å². The zero-order valence-electron chi connectivity index (χ0n) is 15.7. The summed E-state index contributed by atoms with van der Waals surface area (Å²) < 4.78 is 26.2. The minimum absolute atomic E-state index is 0.0577. The van der Waals surface area contributed by atoms with Gasteiger partial charge in [-0.05, 0) is 48.0 Å². The van der Waals surface area contributed by atoms with Gasteiger partial charge in [0, 0.05) is 12.0 Å². The molecule has 2 heterocycles. The topological polar surface area (TPSA) is 34.1 Å². The second-order valence-electron chi connectivity index (χ2n) is 7.02. The molecule has 2 aliphatic heterocycles. The number of halogens is 2. The summed E-state index contributed by atoms with van der Waals surface area (Å²) in [5, 5.41) is 6.98. The van der Waals surface area contributed by atoms with E-state index in [1.807, 2.05) is 53.5 Å². The molecule has 5 rings (SSSR count). The second-order valence-corrected chi connectivity index (χ2v) is 7.43. The molecule has 2 atom stereocenters. The van der Waals surface area contributed by atoms with E-state index in [0.29, 0.717) is 17.0 Å². The third-order valence-electron chi connectivity index (χ3n) is 5.37.